The maximum Gasteiger partial charge on any atom is 0.313 e. The zero-order chi connectivity index (χ0) is 14.8. The van der Waals surface area contributed by atoms with E-state index in [4.69, 9.17) is 9.84 Å². The molecule has 1 fully saturated rings. The fourth-order valence-electron chi connectivity index (χ4n) is 2.59. The molecule has 112 valence electrons. The molecule has 1 aromatic heterocycles. The summed E-state index contributed by atoms with van der Waals surface area (Å²) < 4.78 is 7.44. The van der Waals surface area contributed by atoms with Crippen LogP contribution in [0, 0.1) is 5.92 Å². The van der Waals surface area contributed by atoms with Crippen LogP contribution in [-0.2, 0) is 5.54 Å². The molecule has 1 aliphatic rings. The molecule has 1 aromatic rings. The molecular formula is C15H24N2O3. The van der Waals surface area contributed by atoms with E-state index in [1.807, 2.05) is 20.8 Å². The van der Waals surface area contributed by atoms with Crippen molar-refractivity contribution in [3.8, 4) is 5.88 Å². The normalized spacial score (nSPS) is 23.6. The van der Waals surface area contributed by atoms with Gasteiger partial charge in [0, 0.05) is 24.5 Å². The highest BCUT2D eigenvalue weighted by atomic mass is 16.5. The molecule has 0 radical (unpaired) electrons. The van der Waals surface area contributed by atoms with Gasteiger partial charge in [-0.25, -0.2) is 4.98 Å². The number of ether oxygens (including phenoxy) is 1. The Labute approximate surface area is 119 Å². The Morgan fingerprint density at radius 2 is 2.00 bits per heavy atom. The molecule has 0 atom stereocenters. The van der Waals surface area contributed by atoms with E-state index in [2.05, 4.69) is 4.98 Å². The molecule has 1 saturated carbocycles. The highest BCUT2D eigenvalue weighted by Crippen LogP contribution is 2.26. The Kier molecular flexibility index (Phi) is 4.48. The van der Waals surface area contributed by atoms with Crippen LogP contribution in [0.3, 0.4) is 0 Å². The first-order chi connectivity index (χ1) is 9.41. The van der Waals surface area contributed by atoms with Crippen molar-refractivity contribution < 1.29 is 9.84 Å². The third-order valence-corrected chi connectivity index (χ3v) is 3.86. The Bertz CT molecular complexity index is 497. The molecular weight excluding hydrogens is 256 g/mol. The van der Waals surface area contributed by atoms with E-state index in [-0.39, 0.29) is 29.7 Å². The minimum atomic E-state index is -0.285. The molecule has 1 N–H and O–H groups in total. The number of hydrogen-bond acceptors (Lipinski definition) is 4. The van der Waals surface area contributed by atoms with Gasteiger partial charge in [0.1, 0.15) is 6.10 Å². The van der Waals surface area contributed by atoms with Gasteiger partial charge in [-0.1, -0.05) is 0 Å². The average Bonchev–Trinajstić information content (AvgIpc) is 2.40. The smallest absolute Gasteiger partial charge is 0.313 e. The summed E-state index contributed by atoms with van der Waals surface area (Å²) in [6.45, 7) is 6.17. The van der Waals surface area contributed by atoms with Crippen LogP contribution in [0.15, 0.2) is 17.2 Å². The first-order valence-corrected chi connectivity index (χ1v) is 7.27. The van der Waals surface area contributed by atoms with Crippen molar-refractivity contribution in [2.45, 2.75) is 58.1 Å². The fraction of sp³-hybridized carbons (Fsp3) is 0.733. The van der Waals surface area contributed by atoms with Gasteiger partial charge < -0.3 is 14.4 Å². The van der Waals surface area contributed by atoms with Crippen molar-refractivity contribution in [2.75, 3.05) is 6.61 Å². The summed E-state index contributed by atoms with van der Waals surface area (Å²) in [6.07, 6.45) is 6.98. The zero-order valence-corrected chi connectivity index (χ0v) is 12.5. The number of aromatic nitrogens is 2. The van der Waals surface area contributed by atoms with E-state index in [1.54, 1.807) is 17.0 Å². The van der Waals surface area contributed by atoms with Gasteiger partial charge >= 0.3 is 5.56 Å². The van der Waals surface area contributed by atoms with E-state index < -0.39 is 0 Å². The van der Waals surface area contributed by atoms with Crippen LogP contribution in [0.4, 0.5) is 0 Å². The quantitative estimate of drug-likeness (QED) is 0.919. The van der Waals surface area contributed by atoms with Crippen molar-refractivity contribution in [2.24, 2.45) is 5.92 Å². The fourth-order valence-corrected chi connectivity index (χ4v) is 2.59. The lowest BCUT2D eigenvalue weighted by atomic mass is 9.88. The van der Waals surface area contributed by atoms with Crippen LogP contribution in [0.5, 0.6) is 5.88 Å². The van der Waals surface area contributed by atoms with Crippen LogP contribution in [0.25, 0.3) is 0 Å². The number of aliphatic hydroxyl groups excluding tert-OH is 1. The van der Waals surface area contributed by atoms with Crippen LogP contribution >= 0.6 is 0 Å². The summed E-state index contributed by atoms with van der Waals surface area (Å²) in [5.74, 6) is 0.569. The highest BCUT2D eigenvalue weighted by molar-refractivity contribution is 5.07. The van der Waals surface area contributed by atoms with Gasteiger partial charge in [0.15, 0.2) is 0 Å². The Hall–Kier alpha value is -1.36. The lowest BCUT2D eigenvalue weighted by molar-refractivity contribution is 0.0980. The molecule has 20 heavy (non-hydrogen) atoms. The van der Waals surface area contributed by atoms with Gasteiger partial charge in [-0.05, 0) is 52.4 Å². The standard InChI is InChI=1S/C15H24N2O3/c1-15(2,3)17-9-8-16-13(14(17)19)20-12-6-4-11(10-18)5-7-12/h8-9,11-12,18H,4-7,10H2,1-3H3. The summed E-state index contributed by atoms with van der Waals surface area (Å²) in [7, 11) is 0. The molecule has 1 aliphatic carbocycles. The van der Waals surface area contributed by atoms with Crippen molar-refractivity contribution in [1.29, 1.82) is 0 Å². The first-order valence-electron chi connectivity index (χ1n) is 7.27. The van der Waals surface area contributed by atoms with Crippen molar-refractivity contribution >= 4 is 0 Å². The van der Waals surface area contributed by atoms with Gasteiger partial charge in [-0.3, -0.25) is 4.79 Å². The highest BCUT2D eigenvalue weighted by Gasteiger charge is 2.24. The molecule has 0 amide bonds. The second kappa shape index (κ2) is 5.95. The molecule has 5 nitrogen and oxygen atoms in total. The van der Waals surface area contributed by atoms with E-state index >= 15 is 0 Å². The third kappa shape index (κ3) is 3.39. The molecule has 0 aliphatic heterocycles. The predicted octanol–water partition coefficient (Wildman–Crippen LogP) is 1.93. The maximum absolute atomic E-state index is 12.3. The Balaban J connectivity index is 2.09. The number of hydrogen-bond donors (Lipinski definition) is 1. The number of aliphatic hydroxyl groups is 1. The molecule has 0 unspecified atom stereocenters. The van der Waals surface area contributed by atoms with E-state index in [0.29, 0.717) is 5.92 Å². The molecule has 5 heteroatoms. The van der Waals surface area contributed by atoms with Crippen LogP contribution in [0.2, 0.25) is 0 Å². The molecule has 2 rings (SSSR count). The minimum absolute atomic E-state index is 0.0359. The van der Waals surface area contributed by atoms with E-state index in [1.165, 1.54) is 0 Å². The molecule has 0 spiro atoms. The minimum Gasteiger partial charge on any atom is -0.470 e. The zero-order valence-electron chi connectivity index (χ0n) is 12.5. The molecule has 0 aromatic carbocycles. The second-order valence-electron chi connectivity index (χ2n) is 6.52. The third-order valence-electron chi connectivity index (χ3n) is 3.86. The van der Waals surface area contributed by atoms with Gasteiger partial charge in [0.05, 0.1) is 0 Å². The lowest BCUT2D eigenvalue weighted by Crippen LogP contribution is -2.36. The summed E-state index contributed by atoms with van der Waals surface area (Å²) >= 11 is 0. The SMILES string of the molecule is CC(C)(C)n1ccnc(OC2CCC(CO)CC2)c1=O. The van der Waals surface area contributed by atoms with Crippen molar-refractivity contribution in [1.82, 2.24) is 9.55 Å². The average molecular weight is 280 g/mol. The summed E-state index contributed by atoms with van der Waals surface area (Å²) in [5, 5.41) is 9.13. The van der Waals surface area contributed by atoms with Gasteiger partial charge in [0.2, 0.25) is 0 Å². The van der Waals surface area contributed by atoms with Crippen molar-refractivity contribution in [3.05, 3.63) is 22.7 Å². The number of rotatable bonds is 3. The lowest BCUT2D eigenvalue weighted by Gasteiger charge is -2.28. The topological polar surface area (TPSA) is 64.3 Å². The summed E-state index contributed by atoms with van der Waals surface area (Å²) in [4.78, 5) is 16.4. The first kappa shape index (κ1) is 15.0. The molecule has 1 heterocycles. The van der Waals surface area contributed by atoms with Crippen molar-refractivity contribution in [3.63, 3.8) is 0 Å². The van der Waals surface area contributed by atoms with Gasteiger partial charge in [0.25, 0.3) is 5.88 Å². The van der Waals surface area contributed by atoms with Gasteiger partial charge in [-0.15, -0.1) is 0 Å². The summed E-state index contributed by atoms with van der Waals surface area (Å²) in [5.41, 5.74) is -0.462. The second-order valence-corrected chi connectivity index (χ2v) is 6.52. The maximum atomic E-state index is 12.3. The Morgan fingerprint density at radius 3 is 2.55 bits per heavy atom. The largest absolute Gasteiger partial charge is 0.470 e. The monoisotopic (exact) mass is 280 g/mol. The summed E-state index contributed by atoms with van der Waals surface area (Å²) in [6, 6.07) is 0. The van der Waals surface area contributed by atoms with Gasteiger partial charge in [-0.2, -0.15) is 0 Å². The Morgan fingerprint density at radius 1 is 1.35 bits per heavy atom. The predicted molar refractivity (Wildman–Crippen MR) is 77.0 cm³/mol. The van der Waals surface area contributed by atoms with Crippen LogP contribution in [-0.4, -0.2) is 27.4 Å². The van der Waals surface area contributed by atoms with E-state index in [0.717, 1.165) is 25.7 Å². The number of nitrogens with zero attached hydrogens (tertiary/aromatic N) is 2. The van der Waals surface area contributed by atoms with Crippen LogP contribution < -0.4 is 10.3 Å². The van der Waals surface area contributed by atoms with E-state index in [9.17, 15) is 4.79 Å². The molecule has 0 saturated heterocycles. The van der Waals surface area contributed by atoms with Crippen LogP contribution in [0.1, 0.15) is 46.5 Å². The molecule has 0 bridgehead atoms.